The first-order valence-corrected chi connectivity index (χ1v) is 7.55. The number of aryl methyl sites for hydroxylation is 1. The molecule has 2 aromatic rings. The number of benzene rings is 1. The Kier molecular flexibility index (Phi) is 3.90. The zero-order valence-corrected chi connectivity index (χ0v) is 13.8. The molecular formula is C16H14N4O3S. The lowest BCUT2D eigenvalue weighted by Crippen LogP contribution is -2.21. The summed E-state index contributed by atoms with van der Waals surface area (Å²) in [5.41, 5.74) is 3.71. The normalized spacial score (nSPS) is 15.5. The minimum Gasteiger partial charge on any atom is -0.328 e. The number of carbonyl (C=O) groups excluding carboxylic acids is 1. The summed E-state index contributed by atoms with van der Waals surface area (Å²) in [5, 5.41) is 16.6. The number of carbonyl (C=O) groups is 1. The summed E-state index contributed by atoms with van der Waals surface area (Å²) in [6.45, 7) is 3.80. The largest absolute Gasteiger partial charge is 0.328 e. The van der Waals surface area contributed by atoms with Crippen molar-refractivity contribution in [2.75, 3.05) is 0 Å². The van der Waals surface area contributed by atoms with E-state index in [2.05, 4.69) is 10.6 Å². The van der Waals surface area contributed by atoms with Crippen molar-refractivity contribution in [2.24, 2.45) is 0 Å². The highest BCUT2D eigenvalue weighted by atomic mass is 32.1. The van der Waals surface area contributed by atoms with E-state index in [0.717, 1.165) is 17.0 Å². The van der Waals surface area contributed by atoms with Gasteiger partial charge in [0.2, 0.25) is 0 Å². The van der Waals surface area contributed by atoms with Crippen LogP contribution in [0.5, 0.6) is 0 Å². The van der Waals surface area contributed by atoms with Crippen LogP contribution in [0.1, 0.15) is 17.0 Å². The van der Waals surface area contributed by atoms with Crippen molar-refractivity contribution >= 4 is 35.0 Å². The number of thiocarbonyl (C=S) groups is 1. The molecule has 0 bridgehead atoms. The molecule has 0 unspecified atom stereocenters. The zero-order chi connectivity index (χ0) is 17.4. The Labute approximate surface area is 143 Å². The van der Waals surface area contributed by atoms with Crippen molar-refractivity contribution in [2.45, 2.75) is 13.8 Å². The maximum atomic E-state index is 11.8. The maximum Gasteiger partial charge on any atom is 0.273 e. The number of nitrogens with zero attached hydrogens (tertiary/aromatic N) is 2. The average Bonchev–Trinajstić information content (AvgIpc) is 2.98. The van der Waals surface area contributed by atoms with Crippen LogP contribution in [0, 0.1) is 24.0 Å². The third kappa shape index (κ3) is 2.79. The van der Waals surface area contributed by atoms with E-state index in [-0.39, 0.29) is 16.7 Å². The summed E-state index contributed by atoms with van der Waals surface area (Å²) < 4.78 is 1.91. The van der Waals surface area contributed by atoms with E-state index in [1.807, 2.05) is 24.5 Å². The minimum atomic E-state index is -0.422. The van der Waals surface area contributed by atoms with Crippen LogP contribution in [0.4, 0.5) is 5.69 Å². The SMILES string of the molecule is Cc1cc(C=C2NC(=S)NC2=O)c(C)n1-c1cccc([N+](=O)[O-])c1. The van der Waals surface area contributed by atoms with Crippen LogP contribution in [-0.4, -0.2) is 20.5 Å². The van der Waals surface area contributed by atoms with Crippen LogP contribution in [0.3, 0.4) is 0 Å². The second-order valence-electron chi connectivity index (χ2n) is 5.41. The van der Waals surface area contributed by atoms with Crippen molar-refractivity contribution in [3.8, 4) is 5.69 Å². The van der Waals surface area contributed by atoms with Gasteiger partial charge in [0.05, 0.1) is 10.6 Å². The Balaban J connectivity index is 2.06. The highest BCUT2D eigenvalue weighted by Gasteiger charge is 2.21. The third-order valence-corrected chi connectivity index (χ3v) is 3.99. The number of amides is 1. The molecule has 0 aliphatic carbocycles. The Hall–Kier alpha value is -3.00. The second kappa shape index (κ2) is 5.89. The standard InChI is InChI=1S/C16H14N4O3S/c1-9-6-11(7-14-15(21)18-16(24)17-14)10(2)19(9)12-4-3-5-13(8-12)20(22)23/h3-8H,1-2H3,(H2,17,18,21,24). The van der Waals surface area contributed by atoms with Gasteiger partial charge in [0.15, 0.2) is 5.11 Å². The van der Waals surface area contributed by atoms with Gasteiger partial charge in [-0.1, -0.05) is 6.07 Å². The maximum absolute atomic E-state index is 11.8. The molecule has 0 radical (unpaired) electrons. The first-order valence-electron chi connectivity index (χ1n) is 7.14. The fourth-order valence-corrected chi connectivity index (χ4v) is 2.92. The van der Waals surface area contributed by atoms with E-state index < -0.39 is 4.92 Å². The average molecular weight is 342 g/mol. The van der Waals surface area contributed by atoms with Gasteiger partial charge in [-0.15, -0.1) is 0 Å². The number of nitro groups is 1. The third-order valence-electron chi connectivity index (χ3n) is 3.79. The monoisotopic (exact) mass is 342 g/mol. The highest BCUT2D eigenvalue weighted by Crippen LogP contribution is 2.25. The number of hydrogen-bond acceptors (Lipinski definition) is 4. The number of nitrogens with one attached hydrogen (secondary N) is 2. The molecule has 1 aromatic carbocycles. The minimum absolute atomic E-state index is 0.0297. The smallest absolute Gasteiger partial charge is 0.273 e. The first-order chi connectivity index (χ1) is 11.4. The number of hydrogen-bond donors (Lipinski definition) is 2. The van der Waals surface area contributed by atoms with E-state index in [9.17, 15) is 14.9 Å². The van der Waals surface area contributed by atoms with Crippen LogP contribution in [0.2, 0.25) is 0 Å². The van der Waals surface area contributed by atoms with E-state index in [1.54, 1.807) is 18.2 Å². The fraction of sp³-hybridized carbons (Fsp3) is 0.125. The van der Waals surface area contributed by atoms with E-state index >= 15 is 0 Å². The molecule has 122 valence electrons. The molecular weight excluding hydrogens is 328 g/mol. The summed E-state index contributed by atoms with van der Waals surface area (Å²) in [7, 11) is 0. The van der Waals surface area contributed by atoms with Crippen LogP contribution < -0.4 is 10.6 Å². The van der Waals surface area contributed by atoms with E-state index in [4.69, 9.17) is 12.2 Å². The molecule has 1 fully saturated rings. The Morgan fingerprint density at radius 2 is 2.00 bits per heavy atom. The predicted octanol–water partition coefficient (Wildman–Crippen LogP) is 2.35. The molecule has 0 atom stereocenters. The van der Waals surface area contributed by atoms with Crippen LogP contribution in [0.15, 0.2) is 36.0 Å². The molecule has 2 N–H and O–H groups in total. The molecule has 1 aliphatic heterocycles. The van der Waals surface area contributed by atoms with Crippen LogP contribution >= 0.6 is 12.2 Å². The number of nitro benzene ring substituents is 1. The number of aromatic nitrogens is 1. The van der Waals surface area contributed by atoms with Gasteiger partial charge in [0.1, 0.15) is 5.70 Å². The fourth-order valence-electron chi connectivity index (χ4n) is 2.71. The summed E-state index contributed by atoms with van der Waals surface area (Å²) >= 11 is 4.92. The van der Waals surface area contributed by atoms with E-state index in [1.165, 1.54) is 12.1 Å². The molecule has 2 heterocycles. The van der Waals surface area contributed by atoms with Crippen LogP contribution in [-0.2, 0) is 4.79 Å². The Morgan fingerprint density at radius 1 is 1.25 bits per heavy atom. The Bertz CT molecular complexity index is 914. The van der Waals surface area contributed by atoms with Crippen molar-refractivity contribution in [3.63, 3.8) is 0 Å². The molecule has 1 aromatic heterocycles. The molecule has 0 spiro atoms. The number of rotatable bonds is 3. The molecule has 8 heteroatoms. The highest BCUT2D eigenvalue weighted by molar-refractivity contribution is 7.80. The van der Waals surface area contributed by atoms with Gasteiger partial charge >= 0.3 is 0 Å². The van der Waals surface area contributed by atoms with E-state index in [0.29, 0.717) is 11.4 Å². The molecule has 24 heavy (non-hydrogen) atoms. The van der Waals surface area contributed by atoms with Crippen molar-refractivity contribution in [3.05, 3.63) is 63.1 Å². The molecule has 1 amide bonds. The Morgan fingerprint density at radius 3 is 2.62 bits per heavy atom. The first kappa shape index (κ1) is 15.9. The molecule has 1 aliphatic rings. The van der Waals surface area contributed by atoms with Crippen molar-refractivity contribution in [1.82, 2.24) is 15.2 Å². The van der Waals surface area contributed by atoms with Gasteiger partial charge in [-0.05, 0) is 49.8 Å². The van der Waals surface area contributed by atoms with Gasteiger partial charge in [-0.25, -0.2) is 0 Å². The summed E-state index contributed by atoms with van der Waals surface area (Å²) in [6, 6.07) is 8.34. The summed E-state index contributed by atoms with van der Waals surface area (Å²) in [5.74, 6) is -0.278. The topological polar surface area (TPSA) is 89.2 Å². The molecule has 7 nitrogen and oxygen atoms in total. The van der Waals surface area contributed by atoms with Gasteiger partial charge < -0.3 is 9.88 Å². The van der Waals surface area contributed by atoms with Crippen molar-refractivity contribution in [1.29, 1.82) is 0 Å². The lowest BCUT2D eigenvalue weighted by atomic mass is 10.2. The predicted molar refractivity (Wildman–Crippen MR) is 93.8 cm³/mol. The van der Waals surface area contributed by atoms with Gasteiger partial charge in [-0.2, -0.15) is 0 Å². The lowest BCUT2D eigenvalue weighted by molar-refractivity contribution is -0.384. The van der Waals surface area contributed by atoms with Crippen LogP contribution in [0.25, 0.3) is 11.8 Å². The lowest BCUT2D eigenvalue weighted by Gasteiger charge is -2.09. The van der Waals surface area contributed by atoms with Gasteiger partial charge in [0.25, 0.3) is 11.6 Å². The zero-order valence-electron chi connectivity index (χ0n) is 13.0. The second-order valence-corrected chi connectivity index (χ2v) is 5.81. The molecule has 0 saturated carbocycles. The summed E-state index contributed by atoms with van der Waals surface area (Å²) in [4.78, 5) is 22.3. The number of non-ortho nitro benzene ring substituents is 1. The van der Waals surface area contributed by atoms with Gasteiger partial charge in [0, 0.05) is 23.5 Å². The summed E-state index contributed by atoms with van der Waals surface area (Å²) in [6.07, 6.45) is 1.71. The van der Waals surface area contributed by atoms with Crippen molar-refractivity contribution < 1.29 is 9.72 Å². The molecule has 1 saturated heterocycles. The quantitative estimate of drug-likeness (QED) is 0.387. The van der Waals surface area contributed by atoms with Gasteiger partial charge in [-0.3, -0.25) is 20.2 Å². The molecule has 3 rings (SSSR count).